The first-order valence-corrected chi connectivity index (χ1v) is 23.1. The summed E-state index contributed by atoms with van der Waals surface area (Å²) < 4.78 is 25.7. The van der Waals surface area contributed by atoms with E-state index in [1.54, 1.807) is 0 Å². The van der Waals surface area contributed by atoms with Crippen molar-refractivity contribution >= 4 is 46.4 Å². The Labute approximate surface area is 359 Å². The molecule has 0 atom stereocenters. The van der Waals surface area contributed by atoms with Crippen molar-refractivity contribution in [2.24, 2.45) is 5.92 Å². The number of fused-ring (bicyclic) bond motifs is 4. The summed E-state index contributed by atoms with van der Waals surface area (Å²) in [6, 6.07) is 47.6. The van der Waals surface area contributed by atoms with E-state index < -0.39 is 14.4 Å². The number of imidazole rings is 1. The minimum atomic E-state index is -1.67. The average molecular weight is 955 g/mol. The summed E-state index contributed by atoms with van der Waals surface area (Å²) in [4.78, 5) is 14.3. The molecule has 5 aromatic carbocycles. The normalized spacial score (nSPS) is 12.3. The summed E-state index contributed by atoms with van der Waals surface area (Å²) in [6.45, 7) is 16.9. The van der Waals surface area contributed by atoms with E-state index in [9.17, 15) is 0 Å². The molecular formula is C51H48IrN4OSi-2. The molecule has 58 heavy (non-hydrogen) atoms. The van der Waals surface area contributed by atoms with Crippen LogP contribution in [-0.4, -0.2) is 27.6 Å². The zero-order chi connectivity index (χ0) is 41.6. The zero-order valence-electron chi connectivity index (χ0n) is 36.2. The number of aromatic nitrogens is 4. The Bertz CT molecular complexity index is 2950. The molecule has 0 N–H and O–H groups in total. The van der Waals surface area contributed by atoms with Crippen LogP contribution in [0.1, 0.15) is 39.0 Å². The topological polar surface area (TPSA) is 56.7 Å². The maximum Gasteiger partial charge on any atom is 0.216 e. The third-order valence-electron chi connectivity index (χ3n) is 10.2. The standard InChI is InChI=1S/C33H24N3O.C18H24NSi.Ir/c1-20-18-24(23-10-5-4-6-11-23)19-21(2)30(20)36-29-15-8-7-14-28(29)35-32(36)27-13-9-12-25-26-17-16-22(3)34-33(26)37-31(25)27;1-14(2)11-16-12-17(15-9-7-6-8-10-15)19-13-18(16)20(3,4)5;/h4-12,14-19H,1-3H3;6-9,12-14H,11H2,1-5H3;/q2*-1;/i;11D2;. The molecule has 0 fully saturated rings. The molecule has 293 valence electrons. The monoisotopic (exact) mass is 955 g/mol. The zero-order valence-corrected chi connectivity index (χ0v) is 37.6. The van der Waals surface area contributed by atoms with E-state index >= 15 is 0 Å². The number of furan rings is 1. The van der Waals surface area contributed by atoms with E-state index in [-0.39, 0.29) is 26.0 Å². The number of hydrogen-bond donors (Lipinski definition) is 0. The Morgan fingerprint density at radius 3 is 2.19 bits per heavy atom. The summed E-state index contributed by atoms with van der Waals surface area (Å²) in [5.41, 5.74) is 13.5. The van der Waals surface area contributed by atoms with E-state index in [4.69, 9.17) is 12.1 Å². The molecule has 0 aliphatic heterocycles. The first-order valence-electron chi connectivity index (χ1n) is 20.6. The van der Waals surface area contributed by atoms with Gasteiger partial charge in [-0.05, 0) is 103 Å². The number of rotatable bonds is 7. The van der Waals surface area contributed by atoms with Crippen LogP contribution in [0, 0.1) is 38.8 Å². The molecule has 9 aromatic rings. The molecule has 0 saturated carbocycles. The molecule has 0 spiro atoms. The fraction of sp³-hybridized carbons (Fsp3) is 0.196. The second-order valence-corrected chi connectivity index (χ2v) is 21.1. The Morgan fingerprint density at radius 1 is 0.759 bits per heavy atom. The van der Waals surface area contributed by atoms with Crippen molar-refractivity contribution < 1.29 is 27.3 Å². The fourth-order valence-electron chi connectivity index (χ4n) is 7.59. The van der Waals surface area contributed by atoms with Gasteiger partial charge in [0, 0.05) is 45.8 Å². The Hall–Kier alpha value is -5.46. The summed E-state index contributed by atoms with van der Waals surface area (Å²) in [5, 5.41) is 3.12. The van der Waals surface area contributed by atoms with Crippen molar-refractivity contribution in [2.75, 3.05) is 0 Å². The summed E-state index contributed by atoms with van der Waals surface area (Å²) >= 11 is 0. The van der Waals surface area contributed by atoms with Gasteiger partial charge in [0.15, 0.2) is 0 Å². The van der Waals surface area contributed by atoms with Crippen LogP contribution < -0.4 is 5.19 Å². The molecule has 0 unspecified atom stereocenters. The number of nitrogens with zero attached hydrogens (tertiary/aromatic N) is 4. The molecular weight excluding hydrogens is 905 g/mol. The minimum Gasteiger partial charge on any atom is -0.486 e. The predicted molar refractivity (Wildman–Crippen MR) is 240 cm³/mol. The summed E-state index contributed by atoms with van der Waals surface area (Å²) in [5.74, 6) is 0.721. The Kier molecular flexibility index (Phi) is 11.0. The molecule has 0 amide bonds. The van der Waals surface area contributed by atoms with Gasteiger partial charge in [0.25, 0.3) is 0 Å². The molecule has 7 heteroatoms. The van der Waals surface area contributed by atoms with Gasteiger partial charge in [0.05, 0.1) is 30.5 Å². The Balaban J connectivity index is 0.000000204. The van der Waals surface area contributed by atoms with Gasteiger partial charge >= 0.3 is 0 Å². The Morgan fingerprint density at radius 2 is 1.48 bits per heavy atom. The van der Waals surface area contributed by atoms with Crippen molar-refractivity contribution in [3.05, 3.63) is 162 Å². The molecule has 9 rings (SSSR count). The van der Waals surface area contributed by atoms with Crippen LogP contribution in [-0.2, 0) is 26.5 Å². The van der Waals surface area contributed by atoms with E-state index in [1.807, 2.05) is 87.6 Å². The predicted octanol–water partition coefficient (Wildman–Crippen LogP) is 12.7. The second-order valence-electron chi connectivity index (χ2n) is 16.0. The SMILES string of the molecule is Cc1ccc2c(n1)oc1c(-c3nc4ccccc4n3-c3c(C)cc(-c4ccccc4)cc3C)[c-]ccc12.[2H]C([2H])(c1cc(-c2[c-]cccc2)ncc1[Si](C)(C)C)C(C)C.[Ir]. The maximum atomic E-state index is 8.55. The largest absolute Gasteiger partial charge is 0.486 e. The maximum absolute atomic E-state index is 8.55. The van der Waals surface area contributed by atoms with E-state index in [1.165, 1.54) is 22.3 Å². The number of hydrogen-bond acceptors (Lipinski definition) is 4. The number of para-hydroxylation sites is 2. The molecule has 1 radical (unpaired) electrons. The van der Waals surface area contributed by atoms with Crippen molar-refractivity contribution in [3.63, 3.8) is 0 Å². The van der Waals surface area contributed by atoms with Crippen molar-refractivity contribution in [2.45, 2.75) is 60.6 Å². The van der Waals surface area contributed by atoms with Crippen LogP contribution in [0.4, 0.5) is 0 Å². The van der Waals surface area contributed by atoms with Gasteiger partial charge in [-0.15, -0.1) is 54.1 Å². The third kappa shape index (κ3) is 8.13. The van der Waals surface area contributed by atoms with Crippen LogP contribution in [0.25, 0.3) is 72.6 Å². The van der Waals surface area contributed by atoms with Crippen LogP contribution >= 0.6 is 0 Å². The van der Waals surface area contributed by atoms with Gasteiger partial charge in [-0.1, -0.05) is 98.5 Å². The van der Waals surface area contributed by atoms with E-state index in [0.29, 0.717) is 5.71 Å². The molecule has 5 nitrogen and oxygen atoms in total. The smallest absolute Gasteiger partial charge is 0.216 e. The van der Waals surface area contributed by atoms with Gasteiger partial charge in [0.1, 0.15) is 0 Å². The van der Waals surface area contributed by atoms with Crippen molar-refractivity contribution in [1.29, 1.82) is 0 Å². The molecule has 0 aliphatic carbocycles. The van der Waals surface area contributed by atoms with Gasteiger partial charge in [0.2, 0.25) is 5.71 Å². The molecule has 0 aliphatic rings. The number of benzene rings is 5. The molecule has 0 bridgehead atoms. The van der Waals surface area contributed by atoms with Crippen LogP contribution in [0.5, 0.6) is 0 Å². The number of pyridine rings is 2. The third-order valence-corrected chi connectivity index (χ3v) is 12.2. The summed E-state index contributed by atoms with van der Waals surface area (Å²) in [6.07, 6.45) is 0.528. The number of aryl methyl sites for hydroxylation is 3. The van der Waals surface area contributed by atoms with Crippen molar-refractivity contribution in [1.82, 2.24) is 19.5 Å². The van der Waals surface area contributed by atoms with E-state index in [2.05, 4.69) is 121 Å². The van der Waals surface area contributed by atoms with Gasteiger partial charge in [-0.25, -0.2) is 4.98 Å². The minimum absolute atomic E-state index is 0. The first kappa shape index (κ1) is 38.1. The van der Waals surface area contributed by atoms with Crippen LogP contribution in [0.15, 0.2) is 132 Å². The fourth-order valence-corrected chi connectivity index (χ4v) is 8.99. The van der Waals surface area contributed by atoms with Gasteiger partial charge in [-0.3, -0.25) is 4.98 Å². The van der Waals surface area contributed by atoms with Gasteiger partial charge in [-0.2, -0.15) is 0 Å². The van der Waals surface area contributed by atoms with Crippen molar-refractivity contribution in [3.8, 4) is 39.5 Å². The first-order chi connectivity index (χ1) is 28.2. The summed E-state index contributed by atoms with van der Waals surface area (Å²) in [7, 11) is -1.67. The van der Waals surface area contributed by atoms with Gasteiger partial charge < -0.3 is 14.0 Å². The quantitative estimate of drug-likeness (QED) is 0.118. The second kappa shape index (κ2) is 16.8. The molecule has 0 saturated heterocycles. The van der Waals surface area contributed by atoms with Crippen LogP contribution in [0.2, 0.25) is 19.6 Å². The molecule has 4 heterocycles. The molecule has 4 aromatic heterocycles. The van der Waals surface area contributed by atoms with Crippen LogP contribution in [0.3, 0.4) is 0 Å². The average Bonchev–Trinajstić information content (AvgIpc) is 3.79. The van der Waals surface area contributed by atoms with E-state index in [0.717, 1.165) is 72.2 Å².